The van der Waals surface area contributed by atoms with Crippen molar-refractivity contribution in [3.63, 3.8) is 0 Å². The van der Waals surface area contributed by atoms with Crippen molar-refractivity contribution in [2.45, 2.75) is 72.8 Å². The van der Waals surface area contributed by atoms with Gasteiger partial charge in [0.1, 0.15) is 0 Å². The summed E-state index contributed by atoms with van der Waals surface area (Å²) in [4.78, 5) is 0. The van der Waals surface area contributed by atoms with Crippen LogP contribution >= 0.6 is 0 Å². The molecule has 0 aromatic heterocycles. The fourth-order valence-corrected chi connectivity index (χ4v) is 4.16. The van der Waals surface area contributed by atoms with E-state index in [9.17, 15) is 0 Å². The zero-order valence-electron chi connectivity index (χ0n) is 14.1. The molecule has 0 aromatic rings. The lowest BCUT2D eigenvalue weighted by molar-refractivity contribution is 0.161. The summed E-state index contributed by atoms with van der Waals surface area (Å²) in [6.07, 6.45) is 6.74. The molecule has 1 aliphatic rings. The molecule has 5 atom stereocenters. The van der Waals surface area contributed by atoms with Crippen molar-refractivity contribution in [2.24, 2.45) is 23.2 Å². The summed E-state index contributed by atoms with van der Waals surface area (Å²) in [6, 6.07) is 0.607. The predicted octanol–water partition coefficient (Wildman–Crippen LogP) is 5.03. The van der Waals surface area contributed by atoms with Crippen molar-refractivity contribution in [3.05, 3.63) is 12.2 Å². The summed E-state index contributed by atoms with van der Waals surface area (Å²) in [6.45, 7) is 16.1. The van der Waals surface area contributed by atoms with Crippen LogP contribution in [0.15, 0.2) is 12.2 Å². The fraction of sp³-hybridized carbons (Fsp3) is 0.889. The average Bonchev–Trinajstić information content (AvgIpc) is 2.78. The Kier molecular flexibility index (Phi) is 6.11. The summed E-state index contributed by atoms with van der Waals surface area (Å²) >= 11 is 0. The normalized spacial score (nSPS) is 32.0. The third-order valence-corrected chi connectivity index (χ3v) is 5.89. The maximum absolute atomic E-state index is 4.37. The summed E-state index contributed by atoms with van der Waals surface area (Å²) < 4.78 is 0. The van der Waals surface area contributed by atoms with Gasteiger partial charge in [-0.05, 0) is 69.7 Å². The van der Waals surface area contributed by atoms with Crippen LogP contribution in [0.5, 0.6) is 0 Å². The van der Waals surface area contributed by atoms with Gasteiger partial charge in [-0.15, -0.1) is 0 Å². The van der Waals surface area contributed by atoms with Gasteiger partial charge < -0.3 is 5.32 Å². The summed E-state index contributed by atoms with van der Waals surface area (Å²) in [5.41, 5.74) is 1.86. The smallest absolute Gasteiger partial charge is 0.00614 e. The van der Waals surface area contributed by atoms with Crippen molar-refractivity contribution in [1.29, 1.82) is 0 Å². The maximum atomic E-state index is 4.37. The van der Waals surface area contributed by atoms with Gasteiger partial charge in [0.05, 0.1) is 0 Å². The average molecular weight is 265 g/mol. The van der Waals surface area contributed by atoms with Gasteiger partial charge in [0, 0.05) is 6.04 Å². The Balaban J connectivity index is 2.84. The van der Waals surface area contributed by atoms with Gasteiger partial charge in [-0.2, -0.15) is 0 Å². The van der Waals surface area contributed by atoms with Gasteiger partial charge in [0.25, 0.3) is 0 Å². The molecule has 1 rings (SSSR count). The van der Waals surface area contributed by atoms with E-state index < -0.39 is 0 Å². The van der Waals surface area contributed by atoms with E-state index in [0.717, 1.165) is 17.8 Å². The first-order valence-corrected chi connectivity index (χ1v) is 8.20. The number of hydrogen-bond donors (Lipinski definition) is 1. The van der Waals surface area contributed by atoms with Gasteiger partial charge >= 0.3 is 0 Å². The van der Waals surface area contributed by atoms with Crippen LogP contribution in [0, 0.1) is 23.2 Å². The van der Waals surface area contributed by atoms with Gasteiger partial charge in [0.2, 0.25) is 0 Å². The molecule has 1 N–H and O–H groups in total. The highest BCUT2D eigenvalue weighted by Crippen LogP contribution is 2.54. The van der Waals surface area contributed by atoms with Crippen molar-refractivity contribution < 1.29 is 0 Å². The van der Waals surface area contributed by atoms with Crippen LogP contribution < -0.4 is 5.32 Å². The molecule has 0 spiro atoms. The quantitative estimate of drug-likeness (QED) is 0.637. The molecule has 0 heterocycles. The molecule has 5 unspecified atom stereocenters. The van der Waals surface area contributed by atoms with Crippen molar-refractivity contribution >= 4 is 0 Å². The van der Waals surface area contributed by atoms with E-state index in [2.05, 4.69) is 53.6 Å². The Hall–Kier alpha value is -0.300. The molecule has 19 heavy (non-hydrogen) atoms. The summed E-state index contributed by atoms with van der Waals surface area (Å²) in [5.74, 6) is 2.42. The van der Waals surface area contributed by atoms with Gasteiger partial charge in [0.15, 0.2) is 0 Å². The molecule has 0 aromatic carbocycles. The van der Waals surface area contributed by atoms with E-state index in [1.54, 1.807) is 0 Å². The van der Waals surface area contributed by atoms with Crippen LogP contribution in [0.2, 0.25) is 0 Å². The number of rotatable bonds is 7. The first-order chi connectivity index (χ1) is 8.87. The molecular formula is C18H35N. The maximum Gasteiger partial charge on any atom is 0.00614 e. The Labute approximate surface area is 121 Å². The lowest BCUT2D eigenvalue weighted by Gasteiger charge is -2.40. The fourth-order valence-electron chi connectivity index (χ4n) is 4.16. The standard InChI is InChI=1S/C18H35N/c1-8-17(11-15(5)16(6)19-7)18(13(2)3)10-9-14(4)12-18/h14-17,19H,2,8-12H2,1,3-7H3. The van der Waals surface area contributed by atoms with Crippen molar-refractivity contribution in [3.8, 4) is 0 Å². The SMILES string of the molecule is C=C(C)C1(C(CC)CC(C)C(C)NC)CCC(C)C1. The van der Waals surface area contributed by atoms with Crippen LogP contribution in [0.4, 0.5) is 0 Å². The van der Waals surface area contributed by atoms with E-state index in [0.29, 0.717) is 11.5 Å². The summed E-state index contributed by atoms with van der Waals surface area (Å²) in [7, 11) is 2.08. The van der Waals surface area contributed by atoms with Crippen LogP contribution in [-0.4, -0.2) is 13.1 Å². The topological polar surface area (TPSA) is 12.0 Å². The Bertz CT molecular complexity index is 296. The highest BCUT2D eigenvalue weighted by Gasteiger charge is 2.43. The van der Waals surface area contributed by atoms with E-state index in [1.807, 2.05) is 0 Å². The minimum absolute atomic E-state index is 0.426. The first-order valence-electron chi connectivity index (χ1n) is 8.20. The lowest BCUT2D eigenvalue weighted by Crippen LogP contribution is -2.35. The molecule has 1 saturated carbocycles. The number of nitrogens with one attached hydrogen (secondary N) is 1. The molecule has 1 aliphatic carbocycles. The molecule has 0 radical (unpaired) electrons. The highest BCUT2D eigenvalue weighted by molar-refractivity contribution is 5.13. The second-order valence-electron chi connectivity index (χ2n) is 7.18. The Morgan fingerprint density at radius 3 is 2.42 bits per heavy atom. The van der Waals surface area contributed by atoms with Crippen LogP contribution in [0.3, 0.4) is 0 Å². The highest BCUT2D eigenvalue weighted by atomic mass is 14.9. The first kappa shape index (κ1) is 16.8. The van der Waals surface area contributed by atoms with E-state index in [-0.39, 0.29) is 0 Å². The molecule has 1 nitrogen and oxygen atoms in total. The zero-order chi connectivity index (χ0) is 14.6. The third-order valence-electron chi connectivity index (χ3n) is 5.89. The monoisotopic (exact) mass is 265 g/mol. The Morgan fingerprint density at radius 2 is 2.05 bits per heavy atom. The van der Waals surface area contributed by atoms with Gasteiger partial charge in [-0.25, -0.2) is 0 Å². The minimum Gasteiger partial charge on any atom is -0.317 e. The summed E-state index contributed by atoms with van der Waals surface area (Å²) in [5, 5.41) is 3.41. The molecule has 0 amide bonds. The predicted molar refractivity (Wildman–Crippen MR) is 86.3 cm³/mol. The third kappa shape index (κ3) is 3.62. The molecule has 0 saturated heterocycles. The van der Waals surface area contributed by atoms with E-state index in [1.165, 1.54) is 37.7 Å². The van der Waals surface area contributed by atoms with Crippen molar-refractivity contribution in [2.75, 3.05) is 7.05 Å². The van der Waals surface area contributed by atoms with E-state index >= 15 is 0 Å². The zero-order valence-corrected chi connectivity index (χ0v) is 14.1. The van der Waals surface area contributed by atoms with Crippen LogP contribution in [-0.2, 0) is 0 Å². The molecular weight excluding hydrogens is 230 g/mol. The largest absolute Gasteiger partial charge is 0.317 e. The van der Waals surface area contributed by atoms with Crippen LogP contribution in [0.1, 0.15) is 66.7 Å². The Morgan fingerprint density at radius 1 is 1.42 bits per heavy atom. The number of hydrogen-bond acceptors (Lipinski definition) is 1. The van der Waals surface area contributed by atoms with Crippen LogP contribution in [0.25, 0.3) is 0 Å². The second-order valence-corrected chi connectivity index (χ2v) is 7.18. The second kappa shape index (κ2) is 6.92. The molecule has 1 fully saturated rings. The van der Waals surface area contributed by atoms with Gasteiger partial charge in [-0.3, -0.25) is 0 Å². The molecule has 1 heteroatoms. The van der Waals surface area contributed by atoms with Crippen molar-refractivity contribution in [1.82, 2.24) is 5.32 Å². The molecule has 0 aliphatic heterocycles. The lowest BCUT2D eigenvalue weighted by atomic mass is 9.65. The van der Waals surface area contributed by atoms with Gasteiger partial charge in [-0.1, -0.05) is 39.3 Å². The van der Waals surface area contributed by atoms with E-state index in [4.69, 9.17) is 0 Å². The molecule has 112 valence electrons. The minimum atomic E-state index is 0.426. The molecule has 0 bridgehead atoms. The number of allylic oxidation sites excluding steroid dienone is 1.